The van der Waals surface area contributed by atoms with Crippen molar-refractivity contribution in [2.75, 3.05) is 14.2 Å². The van der Waals surface area contributed by atoms with Crippen molar-refractivity contribution < 1.29 is 9.47 Å². The van der Waals surface area contributed by atoms with Gasteiger partial charge in [-0.2, -0.15) is 0 Å². The lowest BCUT2D eigenvalue weighted by Gasteiger charge is -2.13. The van der Waals surface area contributed by atoms with Gasteiger partial charge in [-0.1, -0.05) is 15.9 Å². The Labute approximate surface area is 58.3 Å². The second kappa shape index (κ2) is 4.30. The van der Waals surface area contributed by atoms with E-state index in [4.69, 9.17) is 9.47 Å². The Bertz CT molecular complexity index is 50.4. The van der Waals surface area contributed by atoms with E-state index in [9.17, 15) is 0 Å². The molecule has 0 radical (unpaired) electrons. The van der Waals surface area contributed by atoms with Crippen LogP contribution in [0.3, 0.4) is 0 Å². The first kappa shape index (κ1) is 8.40. The number of hydrogen-bond donors (Lipinski definition) is 0. The van der Waals surface area contributed by atoms with E-state index in [0.29, 0.717) is 0 Å². The molecule has 0 aromatic heterocycles. The summed E-state index contributed by atoms with van der Waals surface area (Å²) in [6, 6.07) is 0. The zero-order chi connectivity index (χ0) is 6.57. The Balaban J connectivity index is 3.29. The van der Waals surface area contributed by atoms with Gasteiger partial charge < -0.3 is 9.47 Å². The standard InChI is InChI=1S/C5H11BrO2/c1-4(7-2)5(6)8-3/h4-5H,1-3H3. The highest BCUT2D eigenvalue weighted by molar-refractivity contribution is 9.09. The Morgan fingerprint density at radius 2 is 1.75 bits per heavy atom. The Kier molecular flexibility index (Phi) is 4.51. The summed E-state index contributed by atoms with van der Waals surface area (Å²) in [4.78, 5) is 0. The van der Waals surface area contributed by atoms with Crippen molar-refractivity contribution in [2.24, 2.45) is 0 Å². The minimum Gasteiger partial charge on any atom is -0.378 e. The Morgan fingerprint density at radius 1 is 1.25 bits per heavy atom. The molecule has 0 fully saturated rings. The molecule has 2 atom stereocenters. The van der Waals surface area contributed by atoms with E-state index < -0.39 is 0 Å². The fraction of sp³-hybridized carbons (Fsp3) is 1.00. The third-order valence-corrected chi connectivity index (χ3v) is 2.08. The van der Waals surface area contributed by atoms with E-state index in [1.54, 1.807) is 14.2 Å². The topological polar surface area (TPSA) is 18.5 Å². The number of alkyl halides is 1. The summed E-state index contributed by atoms with van der Waals surface area (Å²) in [6.07, 6.45) is 0.111. The molecular weight excluding hydrogens is 172 g/mol. The van der Waals surface area contributed by atoms with E-state index in [0.717, 1.165) is 0 Å². The number of halogens is 1. The van der Waals surface area contributed by atoms with Gasteiger partial charge in [0, 0.05) is 14.2 Å². The summed E-state index contributed by atoms with van der Waals surface area (Å²) in [5, 5.41) is 0.00694. The van der Waals surface area contributed by atoms with Crippen LogP contribution in [0.4, 0.5) is 0 Å². The van der Waals surface area contributed by atoms with Crippen molar-refractivity contribution in [1.82, 2.24) is 0 Å². The van der Waals surface area contributed by atoms with Gasteiger partial charge in [0.2, 0.25) is 0 Å². The zero-order valence-electron chi connectivity index (χ0n) is 5.35. The van der Waals surface area contributed by atoms with Crippen molar-refractivity contribution in [3.05, 3.63) is 0 Å². The van der Waals surface area contributed by atoms with Crippen LogP contribution < -0.4 is 0 Å². The maximum atomic E-state index is 4.93. The summed E-state index contributed by atoms with van der Waals surface area (Å²) in [5.41, 5.74) is 0. The highest BCUT2D eigenvalue weighted by atomic mass is 79.9. The molecule has 0 N–H and O–H groups in total. The van der Waals surface area contributed by atoms with Crippen LogP contribution in [-0.2, 0) is 9.47 Å². The number of hydrogen-bond acceptors (Lipinski definition) is 2. The number of methoxy groups -OCH3 is 2. The van der Waals surface area contributed by atoms with Gasteiger partial charge in [-0.15, -0.1) is 0 Å². The van der Waals surface area contributed by atoms with Crippen molar-refractivity contribution in [3.8, 4) is 0 Å². The van der Waals surface area contributed by atoms with Gasteiger partial charge in [0.1, 0.15) is 5.01 Å². The van der Waals surface area contributed by atoms with Crippen LogP contribution in [0.2, 0.25) is 0 Å². The summed E-state index contributed by atoms with van der Waals surface area (Å²) >= 11 is 3.26. The normalized spacial score (nSPS) is 18.0. The van der Waals surface area contributed by atoms with E-state index >= 15 is 0 Å². The Morgan fingerprint density at radius 3 is 1.88 bits per heavy atom. The average Bonchev–Trinajstić information content (AvgIpc) is 1.84. The summed E-state index contributed by atoms with van der Waals surface area (Å²) in [7, 11) is 3.28. The summed E-state index contributed by atoms with van der Waals surface area (Å²) < 4.78 is 9.83. The molecule has 0 bridgehead atoms. The zero-order valence-corrected chi connectivity index (χ0v) is 6.94. The van der Waals surface area contributed by atoms with E-state index in [2.05, 4.69) is 15.9 Å². The van der Waals surface area contributed by atoms with Gasteiger partial charge in [-0.25, -0.2) is 0 Å². The van der Waals surface area contributed by atoms with Gasteiger partial charge in [0.25, 0.3) is 0 Å². The molecule has 8 heavy (non-hydrogen) atoms. The van der Waals surface area contributed by atoms with Crippen LogP contribution >= 0.6 is 15.9 Å². The van der Waals surface area contributed by atoms with Crippen molar-refractivity contribution in [3.63, 3.8) is 0 Å². The smallest absolute Gasteiger partial charge is 0.137 e. The lowest BCUT2D eigenvalue weighted by Crippen LogP contribution is -2.20. The van der Waals surface area contributed by atoms with E-state index in [1.807, 2.05) is 6.92 Å². The molecule has 0 aliphatic carbocycles. The lowest BCUT2D eigenvalue weighted by molar-refractivity contribution is 0.0244. The summed E-state index contributed by atoms with van der Waals surface area (Å²) in [5.74, 6) is 0. The quantitative estimate of drug-likeness (QED) is 0.615. The van der Waals surface area contributed by atoms with Gasteiger partial charge >= 0.3 is 0 Å². The molecule has 0 amide bonds. The van der Waals surface area contributed by atoms with Crippen LogP contribution in [0, 0.1) is 0 Å². The number of ether oxygens (including phenoxy) is 2. The largest absolute Gasteiger partial charge is 0.378 e. The molecule has 0 aliphatic heterocycles. The molecule has 2 nitrogen and oxygen atoms in total. The maximum Gasteiger partial charge on any atom is 0.137 e. The molecule has 50 valence electrons. The van der Waals surface area contributed by atoms with Crippen LogP contribution in [0.1, 0.15) is 6.92 Å². The minimum atomic E-state index is 0.00694. The predicted octanol–water partition coefficient (Wildman–Crippen LogP) is 1.39. The highest BCUT2D eigenvalue weighted by Crippen LogP contribution is 2.07. The molecule has 0 saturated heterocycles. The molecule has 0 aliphatic rings. The molecule has 0 heterocycles. The van der Waals surface area contributed by atoms with Gasteiger partial charge in [-0.05, 0) is 6.92 Å². The fourth-order valence-electron chi connectivity index (χ4n) is 0.299. The first-order valence-electron chi connectivity index (χ1n) is 2.42. The van der Waals surface area contributed by atoms with Crippen LogP contribution in [0.15, 0.2) is 0 Å². The molecule has 2 unspecified atom stereocenters. The monoisotopic (exact) mass is 182 g/mol. The van der Waals surface area contributed by atoms with Crippen molar-refractivity contribution in [2.45, 2.75) is 18.0 Å². The predicted molar refractivity (Wildman–Crippen MR) is 36.2 cm³/mol. The molecule has 0 aromatic carbocycles. The third-order valence-electron chi connectivity index (χ3n) is 0.966. The second-order valence-electron chi connectivity index (χ2n) is 1.53. The lowest BCUT2D eigenvalue weighted by atomic mass is 10.4. The first-order chi connectivity index (χ1) is 3.72. The third kappa shape index (κ3) is 2.64. The van der Waals surface area contributed by atoms with Crippen LogP contribution in [0.5, 0.6) is 0 Å². The van der Waals surface area contributed by atoms with E-state index in [-0.39, 0.29) is 11.1 Å². The van der Waals surface area contributed by atoms with Crippen molar-refractivity contribution in [1.29, 1.82) is 0 Å². The molecule has 0 saturated carbocycles. The second-order valence-corrected chi connectivity index (χ2v) is 2.43. The SMILES string of the molecule is COC(C)C(Br)OC. The average molecular weight is 183 g/mol. The molecule has 3 heteroatoms. The van der Waals surface area contributed by atoms with E-state index in [1.165, 1.54) is 0 Å². The Hall–Kier alpha value is 0.400. The maximum absolute atomic E-state index is 4.93. The summed E-state index contributed by atoms with van der Waals surface area (Å²) in [6.45, 7) is 1.93. The first-order valence-corrected chi connectivity index (χ1v) is 3.33. The molecule has 0 spiro atoms. The fourth-order valence-corrected chi connectivity index (χ4v) is 0.514. The van der Waals surface area contributed by atoms with Gasteiger partial charge in [0.15, 0.2) is 0 Å². The van der Waals surface area contributed by atoms with Crippen LogP contribution in [-0.4, -0.2) is 25.3 Å². The van der Waals surface area contributed by atoms with Gasteiger partial charge in [-0.3, -0.25) is 0 Å². The van der Waals surface area contributed by atoms with Crippen LogP contribution in [0.25, 0.3) is 0 Å². The molecule has 0 aromatic rings. The molecule has 0 rings (SSSR count). The number of rotatable bonds is 3. The minimum absolute atomic E-state index is 0.00694. The molecular formula is C5H11BrO2. The highest BCUT2D eigenvalue weighted by Gasteiger charge is 2.09. The van der Waals surface area contributed by atoms with Gasteiger partial charge in [0.05, 0.1) is 6.10 Å². The van der Waals surface area contributed by atoms with Crippen molar-refractivity contribution >= 4 is 15.9 Å².